The molecule has 0 heterocycles. The van der Waals surface area contributed by atoms with Crippen molar-refractivity contribution in [2.45, 2.75) is 56.5 Å². The molecular weight excluding hydrogens is 378 g/mol. The molecule has 5 heteroatoms. The number of ether oxygens (including phenoxy) is 1. The molecule has 3 aliphatic rings. The van der Waals surface area contributed by atoms with E-state index in [0.29, 0.717) is 12.3 Å². The number of carbonyl (C=O) groups excluding carboxylic acids is 1. The summed E-state index contributed by atoms with van der Waals surface area (Å²) >= 11 is 0. The maximum atomic E-state index is 13.2. The van der Waals surface area contributed by atoms with Crippen LogP contribution in [0.1, 0.15) is 56.1 Å². The molecular formula is C25H27NO4. The van der Waals surface area contributed by atoms with E-state index in [4.69, 9.17) is 4.74 Å². The summed E-state index contributed by atoms with van der Waals surface area (Å²) in [5, 5.41) is 10.00. The largest absolute Gasteiger partial charge is 0.480 e. The molecule has 3 aliphatic carbocycles. The fourth-order valence-corrected chi connectivity index (χ4v) is 4.92. The zero-order chi connectivity index (χ0) is 20.9. The van der Waals surface area contributed by atoms with Crippen LogP contribution in [-0.4, -0.2) is 40.3 Å². The number of rotatable bonds is 7. The molecule has 1 atom stereocenters. The second-order valence-electron chi connectivity index (χ2n) is 9.13. The summed E-state index contributed by atoms with van der Waals surface area (Å²) in [7, 11) is 0. The zero-order valence-electron chi connectivity index (χ0n) is 17.2. The first kappa shape index (κ1) is 19.2. The molecule has 2 fully saturated rings. The molecule has 5 nitrogen and oxygen atoms in total. The summed E-state index contributed by atoms with van der Waals surface area (Å²) < 4.78 is 5.83. The number of benzene rings is 2. The molecule has 0 saturated heterocycles. The number of carboxylic acids is 1. The Labute approximate surface area is 176 Å². The van der Waals surface area contributed by atoms with Crippen LogP contribution in [0.3, 0.4) is 0 Å². The number of fused-ring (bicyclic) bond motifs is 3. The third kappa shape index (κ3) is 3.26. The number of aliphatic carboxylic acids is 1. The van der Waals surface area contributed by atoms with E-state index in [0.717, 1.165) is 36.8 Å². The number of carbonyl (C=O) groups is 2. The lowest BCUT2D eigenvalue weighted by atomic mass is 9.92. The smallest absolute Gasteiger partial charge is 0.411 e. The molecule has 2 saturated carbocycles. The fraction of sp³-hybridized carbons (Fsp3) is 0.440. The molecule has 0 bridgehead atoms. The number of hydrogen-bond donors (Lipinski definition) is 1. The summed E-state index contributed by atoms with van der Waals surface area (Å²) in [6, 6.07) is 16.4. The van der Waals surface area contributed by atoms with Crippen LogP contribution in [0.15, 0.2) is 48.5 Å². The van der Waals surface area contributed by atoms with E-state index < -0.39 is 17.6 Å². The first-order chi connectivity index (χ1) is 14.5. The van der Waals surface area contributed by atoms with Crippen molar-refractivity contribution >= 4 is 12.1 Å². The minimum Gasteiger partial charge on any atom is -0.480 e. The quantitative estimate of drug-likeness (QED) is 0.700. The van der Waals surface area contributed by atoms with E-state index >= 15 is 0 Å². The number of nitrogens with zero attached hydrogens (tertiary/aromatic N) is 1. The second kappa shape index (κ2) is 7.15. The van der Waals surface area contributed by atoms with E-state index in [2.05, 4.69) is 24.3 Å². The Morgan fingerprint density at radius 1 is 1.00 bits per heavy atom. The molecule has 1 unspecified atom stereocenters. The Bertz CT molecular complexity index is 949. The molecule has 5 rings (SSSR count). The van der Waals surface area contributed by atoms with Gasteiger partial charge in [0.1, 0.15) is 12.1 Å². The predicted molar refractivity (Wildman–Crippen MR) is 113 cm³/mol. The van der Waals surface area contributed by atoms with Crippen LogP contribution in [0.5, 0.6) is 0 Å². The van der Waals surface area contributed by atoms with Gasteiger partial charge in [0.15, 0.2) is 0 Å². The first-order valence-corrected chi connectivity index (χ1v) is 10.9. The van der Waals surface area contributed by atoms with Crippen LogP contribution in [0.4, 0.5) is 4.79 Å². The zero-order valence-corrected chi connectivity index (χ0v) is 17.2. The molecule has 0 aliphatic heterocycles. The minimum absolute atomic E-state index is 0.0260. The van der Waals surface area contributed by atoms with Crippen molar-refractivity contribution < 1.29 is 19.4 Å². The van der Waals surface area contributed by atoms with Crippen molar-refractivity contribution in [3.05, 3.63) is 59.7 Å². The normalized spacial score (nSPS) is 19.5. The van der Waals surface area contributed by atoms with Gasteiger partial charge in [-0.05, 0) is 54.4 Å². The van der Waals surface area contributed by atoms with Crippen LogP contribution in [0.2, 0.25) is 0 Å². The van der Waals surface area contributed by atoms with Crippen molar-refractivity contribution in [1.82, 2.24) is 4.90 Å². The van der Waals surface area contributed by atoms with Crippen LogP contribution < -0.4 is 0 Å². The summed E-state index contributed by atoms with van der Waals surface area (Å²) in [5.41, 5.74) is 3.46. The highest BCUT2D eigenvalue weighted by Gasteiger charge is 2.52. The molecule has 1 N–H and O–H groups in total. The molecule has 2 aromatic carbocycles. The lowest BCUT2D eigenvalue weighted by Crippen LogP contribution is -2.56. The summed E-state index contributed by atoms with van der Waals surface area (Å²) in [6.45, 7) is 1.91. The van der Waals surface area contributed by atoms with Crippen LogP contribution in [0.25, 0.3) is 11.1 Å². The van der Waals surface area contributed by atoms with Crippen molar-refractivity contribution in [3.8, 4) is 11.1 Å². The average molecular weight is 405 g/mol. The monoisotopic (exact) mass is 405 g/mol. The highest BCUT2D eigenvalue weighted by atomic mass is 16.6. The van der Waals surface area contributed by atoms with Crippen molar-refractivity contribution in [2.24, 2.45) is 5.92 Å². The van der Waals surface area contributed by atoms with Crippen LogP contribution in [0, 0.1) is 5.92 Å². The van der Waals surface area contributed by atoms with Gasteiger partial charge in [-0.25, -0.2) is 9.59 Å². The lowest BCUT2D eigenvalue weighted by Gasteiger charge is -2.37. The number of hydrogen-bond acceptors (Lipinski definition) is 3. The summed E-state index contributed by atoms with van der Waals surface area (Å²) in [6.07, 6.45) is 3.79. The molecule has 156 valence electrons. The second-order valence-corrected chi connectivity index (χ2v) is 9.13. The summed E-state index contributed by atoms with van der Waals surface area (Å²) in [4.78, 5) is 26.9. The Balaban J connectivity index is 1.38. The van der Waals surface area contributed by atoms with Gasteiger partial charge in [-0.15, -0.1) is 0 Å². The first-order valence-electron chi connectivity index (χ1n) is 10.9. The summed E-state index contributed by atoms with van der Waals surface area (Å²) in [5.74, 6) is -0.564. The third-order valence-electron chi connectivity index (χ3n) is 6.82. The van der Waals surface area contributed by atoms with E-state index in [1.807, 2.05) is 24.3 Å². The van der Waals surface area contributed by atoms with E-state index in [-0.39, 0.29) is 18.6 Å². The molecule has 0 spiro atoms. The Morgan fingerprint density at radius 3 is 2.07 bits per heavy atom. The van der Waals surface area contributed by atoms with E-state index in [1.54, 1.807) is 6.92 Å². The van der Waals surface area contributed by atoms with E-state index in [9.17, 15) is 14.7 Å². The highest BCUT2D eigenvalue weighted by Crippen LogP contribution is 2.46. The molecule has 0 aromatic heterocycles. The minimum atomic E-state index is -1.20. The molecule has 1 amide bonds. The predicted octanol–water partition coefficient (Wildman–Crippen LogP) is 5.04. The number of amides is 1. The van der Waals surface area contributed by atoms with Gasteiger partial charge in [-0.2, -0.15) is 0 Å². The molecule has 30 heavy (non-hydrogen) atoms. The maximum absolute atomic E-state index is 13.2. The Morgan fingerprint density at radius 2 is 1.57 bits per heavy atom. The van der Waals surface area contributed by atoms with Crippen molar-refractivity contribution in [3.63, 3.8) is 0 Å². The Hall–Kier alpha value is -2.82. The third-order valence-corrected chi connectivity index (χ3v) is 6.82. The highest BCUT2D eigenvalue weighted by molar-refractivity contribution is 5.85. The fourth-order valence-electron chi connectivity index (χ4n) is 4.92. The van der Waals surface area contributed by atoms with Gasteiger partial charge < -0.3 is 9.84 Å². The van der Waals surface area contributed by atoms with Gasteiger partial charge >= 0.3 is 12.1 Å². The van der Waals surface area contributed by atoms with Gasteiger partial charge in [0.05, 0.1) is 0 Å². The molecule has 0 radical (unpaired) electrons. The van der Waals surface area contributed by atoms with Gasteiger partial charge in [0.2, 0.25) is 0 Å². The number of carboxylic acid groups (broad SMARTS) is 1. The topological polar surface area (TPSA) is 66.8 Å². The average Bonchev–Trinajstić information content (AvgIpc) is 3.67. The Kier molecular flexibility index (Phi) is 4.57. The SMILES string of the molecule is CC(CC1CC1)(C(=O)O)N(C(=O)OCC1c2ccccc2-c2ccccc21)C1CC1. The molecule has 2 aromatic rings. The van der Waals surface area contributed by atoms with E-state index in [1.165, 1.54) is 16.0 Å². The lowest BCUT2D eigenvalue weighted by molar-refractivity contribution is -0.150. The maximum Gasteiger partial charge on any atom is 0.411 e. The van der Waals surface area contributed by atoms with Crippen LogP contribution in [-0.2, 0) is 9.53 Å². The van der Waals surface area contributed by atoms with Gasteiger partial charge in [0, 0.05) is 12.0 Å². The van der Waals surface area contributed by atoms with Crippen LogP contribution >= 0.6 is 0 Å². The van der Waals surface area contributed by atoms with Gasteiger partial charge in [-0.1, -0.05) is 61.4 Å². The van der Waals surface area contributed by atoms with Crippen molar-refractivity contribution in [2.75, 3.05) is 6.61 Å². The van der Waals surface area contributed by atoms with Gasteiger partial charge in [-0.3, -0.25) is 4.90 Å². The van der Waals surface area contributed by atoms with Crippen molar-refractivity contribution in [1.29, 1.82) is 0 Å². The standard InChI is InChI=1S/C25H27NO4/c1-25(23(27)28,14-16-10-11-16)26(17-12-13-17)24(29)30-15-22-20-8-4-2-6-18(20)19-7-3-5-9-21(19)22/h2-9,16-17,22H,10-15H2,1H3,(H,27,28). The van der Waals surface area contributed by atoms with Gasteiger partial charge in [0.25, 0.3) is 0 Å².